The van der Waals surface area contributed by atoms with Crippen molar-refractivity contribution in [2.45, 2.75) is 50.5 Å². The van der Waals surface area contributed by atoms with Crippen LogP contribution in [0.5, 0.6) is 5.75 Å². The van der Waals surface area contributed by atoms with Gasteiger partial charge >= 0.3 is 0 Å². The van der Waals surface area contributed by atoms with E-state index in [1.165, 1.54) is 31.0 Å². The van der Waals surface area contributed by atoms with E-state index >= 15 is 0 Å². The van der Waals surface area contributed by atoms with E-state index in [1.54, 1.807) is 13.2 Å². The molecule has 0 radical (unpaired) electrons. The van der Waals surface area contributed by atoms with Crippen molar-refractivity contribution < 1.29 is 14.2 Å². The first-order chi connectivity index (χ1) is 15.7. The van der Waals surface area contributed by atoms with Crippen LogP contribution in [0.4, 0.5) is 10.1 Å². The largest absolute Gasteiger partial charge is 0.497 e. The van der Waals surface area contributed by atoms with E-state index in [1.807, 2.05) is 24.3 Å². The van der Waals surface area contributed by atoms with Crippen LogP contribution in [0.15, 0.2) is 48.5 Å². The fraction of sp³-hybridized carbons (Fsp3) is 0.556. The number of aliphatic hydroxyl groups excluding tert-OH is 1. The maximum atomic E-state index is 14.7. The Kier molecular flexibility index (Phi) is 8.04. The van der Waals surface area contributed by atoms with Crippen LogP contribution in [0, 0.1) is 11.7 Å². The van der Waals surface area contributed by atoms with Crippen LogP contribution in [0.3, 0.4) is 0 Å². The molecule has 2 aliphatic rings. The first kappa shape index (κ1) is 23.1. The van der Waals surface area contributed by atoms with Gasteiger partial charge in [-0.2, -0.15) is 0 Å². The molecule has 2 aromatic rings. The number of nitrogens with zero attached hydrogens (tertiary/aromatic N) is 2. The van der Waals surface area contributed by atoms with Gasteiger partial charge in [0.2, 0.25) is 0 Å². The van der Waals surface area contributed by atoms with Crippen molar-refractivity contribution in [2.75, 3.05) is 44.7 Å². The van der Waals surface area contributed by atoms with Crippen LogP contribution >= 0.6 is 0 Å². The third-order valence-corrected chi connectivity index (χ3v) is 7.40. The monoisotopic (exact) mass is 440 g/mol. The highest BCUT2D eigenvalue weighted by molar-refractivity contribution is 5.51. The summed E-state index contributed by atoms with van der Waals surface area (Å²) in [6, 6.07) is 15.3. The van der Waals surface area contributed by atoms with Gasteiger partial charge in [0.15, 0.2) is 0 Å². The smallest absolute Gasteiger partial charge is 0.126 e. The van der Waals surface area contributed by atoms with E-state index in [2.05, 4.69) is 21.9 Å². The van der Waals surface area contributed by atoms with Crippen molar-refractivity contribution in [3.05, 3.63) is 59.9 Å². The number of anilines is 1. The van der Waals surface area contributed by atoms with Crippen LogP contribution in [-0.2, 0) is 0 Å². The Labute approximate surface area is 192 Å². The summed E-state index contributed by atoms with van der Waals surface area (Å²) in [6.07, 6.45) is 6.06. The zero-order chi connectivity index (χ0) is 22.3. The Bertz CT molecular complexity index is 847. The first-order valence-corrected chi connectivity index (χ1v) is 12.2. The number of methoxy groups -OCH3 is 1. The van der Waals surface area contributed by atoms with Crippen LogP contribution in [0.2, 0.25) is 0 Å². The molecular weight excluding hydrogens is 403 g/mol. The Hall–Kier alpha value is -2.11. The number of hydrogen-bond donors (Lipinski definition) is 1. The van der Waals surface area contributed by atoms with E-state index in [4.69, 9.17) is 4.74 Å². The molecule has 0 bridgehead atoms. The minimum absolute atomic E-state index is 0.143. The maximum Gasteiger partial charge on any atom is 0.126 e. The molecule has 1 aliphatic carbocycles. The number of halogens is 1. The van der Waals surface area contributed by atoms with Gasteiger partial charge in [-0.25, -0.2) is 4.39 Å². The molecule has 1 aliphatic heterocycles. The number of aliphatic hydroxyl groups is 1. The summed E-state index contributed by atoms with van der Waals surface area (Å²) in [6.45, 7) is 4.75. The number of benzene rings is 2. The average molecular weight is 441 g/mol. The van der Waals surface area contributed by atoms with Crippen LogP contribution in [-0.4, -0.2) is 55.9 Å². The quantitative estimate of drug-likeness (QED) is 0.622. The van der Waals surface area contributed by atoms with Crippen molar-refractivity contribution in [3.63, 3.8) is 0 Å². The van der Waals surface area contributed by atoms with E-state index in [9.17, 15) is 9.50 Å². The summed E-state index contributed by atoms with van der Waals surface area (Å²) >= 11 is 0. The maximum absolute atomic E-state index is 14.7. The second-order valence-corrected chi connectivity index (χ2v) is 9.34. The molecule has 2 atom stereocenters. The molecule has 0 amide bonds. The van der Waals surface area contributed by atoms with Crippen LogP contribution in [0.25, 0.3) is 0 Å². The number of hydrogen-bond acceptors (Lipinski definition) is 4. The number of ether oxygens (including phenoxy) is 1. The van der Waals surface area contributed by atoms with Gasteiger partial charge in [-0.05, 0) is 55.5 Å². The van der Waals surface area contributed by atoms with Gasteiger partial charge in [0, 0.05) is 43.9 Å². The molecule has 1 saturated heterocycles. The van der Waals surface area contributed by atoms with Gasteiger partial charge in [-0.3, -0.25) is 4.90 Å². The Balaban J connectivity index is 1.37. The SMILES string of the molecule is COc1cccc(N2CCN(CCC(c3ccccc3F)C(O)C3CCCCC3)CC2)c1. The summed E-state index contributed by atoms with van der Waals surface area (Å²) in [5.41, 5.74) is 1.88. The van der Waals surface area contributed by atoms with Crippen LogP contribution < -0.4 is 9.64 Å². The summed E-state index contributed by atoms with van der Waals surface area (Å²) in [5, 5.41) is 11.3. The summed E-state index contributed by atoms with van der Waals surface area (Å²) < 4.78 is 20.1. The molecule has 1 heterocycles. The van der Waals surface area contributed by atoms with E-state index in [0.29, 0.717) is 11.5 Å². The number of piperazine rings is 1. The minimum Gasteiger partial charge on any atom is -0.497 e. The molecule has 0 spiro atoms. The topological polar surface area (TPSA) is 35.9 Å². The average Bonchev–Trinajstić information content (AvgIpc) is 2.86. The molecule has 4 rings (SSSR count). The van der Waals surface area contributed by atoms with Gasteiger partial charge in [0.05, 0.1) is 13.2 Å². The normalized spacial score (nSPS) is 20.2. The predicted octanol–water partition coefficient (Wildman–Crippen LogP) is 5.07. The lowest BCUT2D eigenvalue weighted by molar-refractivity contribution is 0.0525. The summed E-state index contributed by atoms with van der Waals surface area (Å²) in [4.78, 5) is 4.85. The van der Waals surface area contributed by atoms with Gasteiger partial charge in [-0.15, -0.1) is 0 Å². The highest BCUT2D eigenvalue weighted by Crippen LogP contribution is 2.36. The van der Waals surface area contributed by atoms with Crippen molar-refractivity contribution in [1.29, 1.82) is 0 Å². The Morgan fingerprint density at radius 2 is 1.75 bits per heavy atom. The summed E-state index contributed by atoms with van der Waals surface area (Å²) in [7, 11) is 1.70. The van der Waals surface area contributed by atoms with Gasteiger partial charge in [0.1, 0.15) is 11.6 Å². The second kappa shape index (κ2) is 11.2. The molecule has 2 unspecified atom stereocenters. The molecule has 0 aromatic heterocycles. The van der Waals surface area contributed by atoms with Crippen molar-refractivity contribution in [2.24, 2.45) is 5.92 Å². The minimum atomic E-state index is -0.467. The van der Waals surface area contributed by atoms with Crippen molar-refractivity contribution in [1.82, 2.24) is 4.90 Å². The van der Waals surface area contributed by atoms with E-state index < -0.39 is 6.10 Å². The lowest BCUT2D eigenvalue weighted by atomic mass is 9.77. The molecule has 1 N–H and O–H groups in total. The van der Waals surface area contributed by atoms with E-state index in [0.717, 1.165) is 57.7 Å². The second-order valence-electron chi connectivity index (χ2n) is 9.34. The fourth-order valence-electron chi connectivity index (χ4n) is 5.45. The zero-order valence-electron chi connectivity index (χ0n) is 19.3. The lowest BCUT2D eigenvalue weighted by Gasteiger charge is -2.38. The molecule has 5 heteroatoms. The highest BCUT2D eigenvalue weighted by Gasteiger charge is 2.32. The molecule has 2 aromatic carbocycles. The summed E-state index contributed by atoms with van der Waals surface area (Å²) in [5.74, 6) is 0.846. The number of rotatable bonds is 8. The Morgan fingerprint density at radius 1 is 1.00 bits per heavy atom. The third kappa shape index (κ3) is 5.62. The van der Waals surface area contributed by atoms with Gasteiger partial charge in [-0.1, -0.05) is 43.5 Å². The van der Waals surface area contributed by atoms with Gasteiger partial charge in [0.25, 0.3) is 0 Å². The highest BCUT2D eigenvalue weighted by atomic mass is 19.1. The first-order valence-electron chi connectivity index (χ1n) is 12.2. The molecule has 174 valence electrons. The van der Waals surface area contributed by atoms with Crippen molar-refractivity contribution in [3.8, 4) is 5.75 Å². The molecular formula is C27H37FN2O2. The lowest BCUT2D eigenvalue weighted by Crippen LogP contribution is -2.47. The molecule has 1 saturated carbocycles. The molecule has 4 nitrogen and oxygen atoms in total. The molecule has 32 heavy (non-hydrogen) atoms. The van der Waals surface area contributed by atoms with E-state index in [-0.39, 0.29) is 11.7 Å². The van der Waals surface area contributed by atoms with Gasteiger partial charge < -0.3 is 14.7 Å². The zero-order valence-corrected chi connectivity index (χ0v) is 19.3. The predicted molar refractivity (Wildman–Crippen MR) is 128 cm³/mol. The fourth-order valence-corrected chi connectivity index (χ4v) is 5.45. The standard InChI is InChI=1S/C27H37FN2O2/c1-32-23-11-7-10-22(20-23)30-18-16-29(17-19-30)15-14-25(24-12-5-6-13-26(24)28)27(31)21-8-3-2-4-9-21/h5-7,10-13,20-21,25,27,31H,2-4,8-9,14-19H2,1H3. The van der Waals surface area contributed by atoms with Crippen LogP contribution in [0.1, 0.15) is 50.0 Å². The third-order valence-electron chi connectivity index (χ3n) is 7.40. The Morgan fingerprint density at radius 3 is 2.47 bits per heavy atom. The molecule has 2 fully saturated rings. The van der Waals surface area contributed by atoms with Crippen molar-refractivity contribution >= 4 is 5.69 Å².